The fourth-order valence-corrected chi connectivity index (χ4v) is 2.92. The van der Waals surface area contributed by atoms with Crippen LogP contribution in [0.5, 0.6) is 0 Å². The average molecular weight is 255 g/mol. The fraction of sp³-hybridized carbons (Fsp3) is 0.571. The van der Waals surface area contributed by atoms with E-state index < -0.39 is 17.0 Å². The third-order valence-corrected chi connectivity index (χ3v) is 3.96. The monoisotopic (exact) mass is 255 g/mol. The molecule has 0 bridgehead atoms. The molecular weight excluding hydrogens is 236 g/mol. The zero-order valence-corrected chi connectivity index (χ0v) is 10.7. The van der Waals surface area contributed by atoms with Crippen LogP contribution >= 0.6 is 0 Å². The van der Waals surface area contributed by atoms with Gasteiger partial charge in [0.2, 0.25) is 0 Å². The van der Waals surface area contributed by atoms with Crippen molar-refractivity contribution in [2.45, 2.75) is 19.3 Å². The van der Waals surface area contributed by atoms with E-state index in [4.69, 9.17) is 10.5 Å². The van der Waals surface area contributed by atoms with Gasteiger partial charge in [-0.2, -0.15) is 0 Å². The van der Waals surface area contributed by atoms with Crippen molar-refractivity contribution in [1.29, 1.82) is 0 Å². The molecule has 2 nitrogen and oxygen atoms in total. The summed E-state index contributed by atoms with van der Waals surface area (Å²) in [4.78, 5) is 0. The molecule has 1 unspecified atom stereocenters. The minimum Gasteiger partial charge on any atom is -0.379 e. The van der Waals surface area contributed by atoms with Crippen LogP contribution in [-0.2, 0) is 10.2 Å². The van der Waals surface area contributed by atoms with Gasteiger partial charge in [-0.3, -0.25) is 0 Å². The molecule has 18 heavy (non-hydrogen) atoms. The average Bonchev–Trinajstić information content (AvgIpc) is 2.23. The number of hydrogen-bond acceptors (Lipinski definition) is 2. The largest absolute Gasteiger partial charge is 0.379 e. The summed E-state index contributed by atoms with van der Waals surface area (Å²) in [6.07, 6.45) is 0. The van der Waals surface area contributed by atoms with Crippen LogP contribution in [0.2, 0.25) is 0 Å². The van der Waals surface area contributed by atoms with Crippen molar-refractivity contribution in [3.8, 4) is 0 Å². The second kappa shape index (κ2) is 4.94. The molecule has 0 aliphatic carbocycles. The van der Waals surface area contributed by atoms with Gasteiger partial charge in [-0.1, -0.05) is 19.9 Å². The van der Waals surface area contributed by atoms with Gasteiger partial charge in [-0.05, 0) is 30.0 Å². The Kier molecular flexibility index (Phi) is 3.69. The van der Waals surface area contributed by atoms with Gasteiger partial charge in [-0.15, -0.1) is 0 Å². The van der Waals surface area contributed by atoms with Crippen molar-refractivity contribution in [3.63, 3.8) is 0 Å². The van der Waals surface area contributed by atoms with E-state index in [2.05, 4.69) is 13.8 Å². The molecule has 4 heteroatoms. The molecule has 0 saturated carbocycles. The van der Waals surface area contributed by atoms with Gasteiger partial charge < -0.3 is 10.5 Å². The van der Waals surface area contributed by atoms with E-state index in [9.17, 15) is 8.78 Å². The number of rotatable bonds is 4. The van der Waals surface area contributed by atoms with Crippen LogP contribution in [0.25, 0.3) is 0 Å². The number of benzene rings is 1. The lowest BCUT2D eigenvalue weighted by Crippen LogP contribution is -2.56. The zero-order chi connectivity index (χ0) is 13.3. The minimum absolute atomic E-state index is 0.131. The van der Waals surface area contributed by atoms with Gasteiger partial charge in [0.05, 0.1) is 13.2 Å². The Bertz CT molecular complexity index is 430. The van der Waals surface area contributed by atoms with Crippen molar-refractivity contribution < 1.29 is 13.5 Å². The lowest BCUT2D eigenvalue weighted by molar-refractivity contribution is -0.0998. The summed E-state index contributed by atoms with van der Waals surface area (Å²) < 4.78 is 32.3. The molecule has 1 aliphatic heterocycles. The Balaban J connectivity index is 2.43. The zero-order valence-electron chi connectivity index (χ0n) is 10.7. The van der Waals surface area contributed by atoms with Crippen LogP contribution in [0.1, 0.15) is 19.4 Å². The van der Waals surface area contributed by atoms with Crippen molar-refractivity contribution in [1.82, 2.24) is 0 Å². The van der Waals surface area contributed by atoms with Crippen LogP contribution in [-0.4, -0.2) is 19.8 Å². The van der Waals surface area contributed by atoms with Crippen molar-refractivity contribution >= 4 is 0 Å². The van der Waals surface area contributed by atoms with Crippen molar-refractivity contribution in [3.05, 3.63) is 35.4 Å². The molecule has 2 rings (SSSR count). The number of ether oxygens (including phenoxy) is 1. The molecule has 100 valence electrons. The molecule has 1 aromatic rings. The quantitative estimate of drug-likeness (QED) is 0.897. The summed E-state index contributed by atoms with van der Waals surface area (Å²) in [6, 6.07) is 3.76. The van der Waals surface area contributed by atoms with E-state index in [1.807, 2.05) is 0 Å². The third-order valence-electron chi connectivity index (χ3n) is 3.96. The van der Waals surface area contributed by atoms with Crippen molar-refractivity contribution in [2.24, 2.45) is 17.6 Å². The molecule has 0 radical (unpaired) electrons. The summed E-state index contributed by atoms with van der Waals surface area (Å²) in [7, 11) is 0. The number of hydrogen-bond donors (Lipinski definition) is 1. The van der Waals surface area contributed by atoms with Crippen LogP contribution in [0.4, 0.5) is 8.78 Å². The maximum atomic E-state index is 14.0. The summed E-state index contributed by atoms with van der Waals surface area (Å²) in [5, 5.41) is 0. The van der Waals surface area contributed by atoms with Crippen LogP contribution < -0.4 is 5.73 Å². The Morgan fingerprint density at radius 1 is 1.33 bits per heavy atom. The van der Waals surface area contributed by atoms with E-state index in [0.717, 1.165) is 6.07 Å². The molecule has 0 amide bonds. The van der Waals surface area contributed by atoms with Gasteiger partial charge in [0.15, 0.2) is 0 Å². The summed E-state index contributed by atoms with van der Waals surface area (Å²) in [5.41, 5.74) is 5.96. The first-order chi connectivity index (χ1) is 8.51. The highest BCUT2D eigenvalue weighted by atomic mass is 19.1. The Morgan fingerprint density at radius 2 is 2.00 bits per heavy atom. The van der Waals surface area contributed by atoms with Crippen molar-refractivity contribution in [2.75, 3.05) is 19.8 Å². The first-order valence-corrected chi connectivity index (χ1v) is 6.24. The maximum Gasteiger partial charge on any atom is 0.130 e. The van der Waals surface area contributed by atoms with E-state index in [1.165, 1.54) is 12.1 Å². The molecule has 0 spiro atoms. The summed E-state index contributed by atoms with van der Waals surface area (Å²) in [5.74, 6) is -0.604. The Labute approximate surface area is 106 Å². The smallest absolute Gasteiger partial charge is 0.130 e. The van der Waals surface area contributed by atoms with Crippen LogP contribution in [0.3, 0.4) is 0 Å². The maximum absolute atomic E-state index is 14.0. The number of halogens is 2. The summed E-state index contributed by atoms with van der Waals surface area (Å²) >= 11 is 0. The standard InChI is InChI=1S/C14H19F2NO/c1-9(2)12(6-17)14(7-18-8-14)11-4-3-10(15)5-13(11)16/h3-5,9,12H,6-8,17H2,1-2H3. The highest BCUT2D eigenvalue weighted by molar-refractivity contribution is 5.31. The van der Waals surface area contributed by atoms with Gasteiger partial charge in [-0.25, -0.2) is 8.78 Å². The minimum atomic E-state index is -0.555. The molecule has 1 aromatic carbocycles. The first-order valence-electron chi connectivity index (χ1n) is 6.24. The predicted molar refractivity (Wildman–Crippen MR) is 66.2 cm³/mol. The molecular formula is C14H19F2NO. The third kappa shape index (κ3) is 2.04. The van der Waals surface area contributed by atoms with Crippen LogP contribution in [0, 0.1) is 23.5 Å². The lowest BCUT2D eigenvalue weighted by atomic mass is 9.64. The molecule has 0 aromatic heterocycles. The Morgan fingerprint density at radius 3 is 2.39 bits per heavy atom. The predicted octanol–water partition coefficient (Wildman–Crippen LogP) is 2.46. The second-order valence-electron chi connectivity index (χ2n) is 5.36. The lowest BCUT2D eigenvalue weighted by Gasteiger charge is -2.49. The highest BCUT2D eigenvalue weighted by Crippen LogP contribution is 2.43. The topological polar surface area (TPSA) is 35.2 Å². The molecule has 2 N–H and O–H groups in total. The van der Waals surface area contributed by atoms with Crippen LogP contribution in [0.15, 0.2) is 18.2 Å². The van der Waals surface area contributed by atoms with Gasteiger partial charge in [0, 0.05) is 11.5 Å². The fourth-order valence-electron chi connectivity index (χ4n) is 2.92. The summed E-state index contributed by atoms with van der Waals surface area (Å²) in [6.45, 7) is 5.51. The highest BCUT2D eigenvalue weighted by Gasteiger charge is 2.48. The molecule has 1 fully saturated rings. The molecule has 1 aliphatic rings. The van der Waals surface area contributed by atoms with E-state index >= 15 is 0 Å². The van der Waals surface area contributed by atoms with Gasteiger partial charge in [0.1, 0.15) is 11.6 Å². The van der Waals surface area contributed by atoms with Gasteiger partial charge in [0.25, 0.3) is 0 Å². The van der Waals surface area contributed by atoms with E-state index in [0.29, 0.717) is 31.2 Å². The molecule has 1 heterocycles. The van der Waals surface area contributed by atoms with Gasteiger partial charge >= 0.3 is 0 Å². The van der Waals surface area contributed by atoms with E-state index in [-0.39, 0.29) is 5.92 Å². The SMILES string of the molecule is CC(C)C(CN)C1(c2ccc(F)cc2F)COC1. The molecule has 1 atom stereocenters. The van der Waals surface area contributed by atoms with E-state index in [1.54, 1.807) is 0 Å². The normalized spacial score (nSPS) is 19.7. The Hall–Kier alpha value is -1.00. The number of nitrogens with two attached hydrogens (primary N) is 1. The second-order valence-corrected chi connectivity index (χ2v) is 5.36. The first kappa shape index (κ1) is 13.4. The molecule has 1 saturated heterocycles.